The van der Waals surface area contributed by atoms with Crippen LogP contribution in [-0.2, 0) is 12.4 Å². The number of halogens is 6. The van der Waals surface area contributed by atoms with Gasteiger partial charge in [-0.3, -0.25) is 0 Å². The smallest absolute Gasteiger partial charge is 0.355 e. The first kappa shape index (κ1) is 23.8. The number of H-pyrrole nitrogens is 2. The van der Waals surface area contributed by atoms with Gasteiger partial charge >= 0.3 is 12.4 Å². The third-order valence-electron chi connectivity index (χ3n) is 6.07. The van der Waals surface area contributed by atoms with E-state index in [-0.39, 0.29) is 17.2 Å². The molecular weight excluding hydrogens is 506 g/mol. The molecule has 0 amide bonds. The Kier molecular flexibility index (Phi) is 5.30. The summed E-state index contributed by atoms with van der Waals surface area (Å²) in [6.07, 6.45) is -2.74. The van der Waals surface area contributed by atoms with Crippen molar-refractivity contribution in [2.75, 3.05) is 0 Å². The first-order chi connectivity index (χ1) is 18.0. The van der Waals surface area contributed by atoms with Crippen LogP contribution in [0.2, 0.25) is 0 Å². The minimum absolute atomic E-state index is 0.120. The number of aromatic nitrogens is 4. The number of aromatic amines is 2. The zero-order valence-electron chi connectivity index (χ0n) is 19.2. The lowest BCUT2D eigenvalue weighted by Gasteiger charge is -2.14. The normalized spacial score (nSPS) is 13.3. The molecule has 0 aliphatic carbocycles. The van der Waals surface area contributed by atoms with Crippen LogP contribution >= 0.6 is 0 Å². The first-order valence-electron chi connectivity index (χ1n) is 11.4. The number of fused-ring (bicyclic) bond motifs is 8. The van der Waals surface area contributed by atoms with E-state index in [0.29, 0.717) is 33.6 Å². The number of hydrogen-bond acceptors (Lipinski definition) is 2. The van der Waals surface area contributed by atoms with E-state index >= 15 is 0 Å². The van der Waals surface area contributed by atoms with Crippen LogP contribution in [0, 0.1) is 0 Å². The van der Waals surface area contributed by atoms with Crippen molar-refractivity contribution < 1.29 is 26.3 Å². The topological polar surface area (TPSA) is 57.4 Å². The highest BCUT2D eigenvalue weighted by molar-refractivity contribution is 5.88. The summed E-state index contributed by atoms with van der Waals surface area (Å²) < 4.78 is 81.3. The van der Waals surface area contributed by atoms with Gasteiger partial charge in [0.25, 0.3) is 0 Å². The molecular formula is C28H16F6N4. The van der Waals surface area contributed by atoms with Gasteiger partial charge in [-0.1, -0.05) is 0 Å². The lowest BCUT2D eigenvalue weighted by Crippen LogP contribution is -2.11. The Morgan fingerprint density at radius 2 is 1.03 bits per heavy atom. The quantitative estimate of drug-likeness (QED) is 0.213. The molecule has 4 aromatic rings. The van der Waals surface area contributed by atoms with Crippen LogP contribution in [0.15, 0.2) is 60.7 Å². The third-order valence-corrected chi connectivity index (χ3v) is 6.07. The summed E-state index contributed by atoms with van der Waals surface area (Å²) in [5.41, 5.74) is 1.93. The average molecular weight is 522 g/mol. The van der Waals surface area contributed by atoms with Gasteiger partial charge < -0.3 is 9.97 Å². The maximum absolute atomic E-state index is 13.5. The van der Waals surface area contributed by atoms with Gasteiger partial charge in [0.2, 0.25) is 0 Å². The highest BCUT2D eigenvalue weighted by Gasteiger charge is 2.37. The van der Waals surface area contributed by atoms with Crippen molar-refractivity contribution in [2.24, 2.45) is 0 Å². The average Bonchev–Trinajstić information content (AvgIpc) is 3.63. The lowest BCUT2D eigenvalue weighted by molar-refractivity contribution is -0.143. The van der Waals surface area contributed by atoms with Gasteiger partial charge in [-0.25, -0.2) is 9.97 Å². The maximum Gasteiger partial charge on any atom is 0.416 e. The van der Waals surface area contributed by atoms with Crippen LogP contribution in [0.5, 0.6) is 0 Å². The zero-order valence-corrected chi connectivity index (χ0v) is 19.2. The van der Waals surface area contributed by atoms with Crippen molar-refractivity contribution in [3.8, 4) is 11.1 Å². The second kappa shape index (κ2) is 8.47. The number of benzene rings is 1. The Bertz CT molecular complexity index is 1770. The van der Waals surface area contributed by atoms with E-state index in [0.717, 1.165) is 23.3 Å². The molecule has 6 rings (SSSR count). The largest absolute Gasteiger partial charge is 0.416 e. The fourth-order valence-corrected chi connectivity index (χ4v) is 4.37. The third kappa shape index (κ3) is 4.72. The van der Waals surface area contributed by atoms with Gasteiger partial charge in [0, 0.05) is 27.6 Å². The molecule has 3 aromatic heterocycles. The van der Waals surface area contributed by atoms with Crippen molar-refractivity contribution >= 4 is 46.4 Å². The molecule has 4 nitrogen and oxygen atoms in total. The Labute approximate surface area is 211 Å². The Morgan fingerprint density at radius 3 is 1.61 bits per heavy atom. The van der Waals surface area contributed by atoms with Crippen LogP contribution in [0.1, 0.15) is 33.9 Å². The van der Waals surface area contributed by atoms with E-state index in [4.69, 9.17) is 0 Å². The van der Waals surface area contributed by atoms with E-state index in [1.807, 2.05) is 24.3 Å². The molecule has 0 radical (unpaired) electrons. The summed E-state index contributed by atoms with van der Waals surface area (Å²) in [7, 11) is 0. The van der Waals surface area contributed by atoms with Crippen molar-refractivity contribution in [3.63, 3.8) is 0 Å². The van der Waals surface area contributed by atoms with Crippen LogP contribution in [0.3, 0.4) is 0 Å². The van der Waals surface area contributed by atoms with Gasteiger partial charge in [-0.15, -0.1) is 0 Å². The van der Waals surface area contributed by atoms with E-state index in [1.165, 1.54) is 6.07 Å². The summed E-state index contributed by atoms with van der Waals surface area (Å²) in [6, 6.07) is 13.7. The molecule has 2 aliphatic rings. The fraction of sp³-hybridized carbons (Fsp3) is 0.0714. The van der Waals surface area contributed by atoms with Gasteiger partial charge in [0.1, 0.15) is 0 Å². The number of hydrogen-bond donors (Lipinski definition) is 2. The second-order valence-electron chi connectivity index (χ2n) is 8.88. The van der Waals surface area contributed by atoms with Gasteiger partial charge in [0.05, 0.1) is 33.9 Å². The number of rotatable bonds is 1. The van der Waals surface area contributed by atoms with E-state index in [2.05, 4.69) is 19.9 Å². The van der Waals surface area contributed by atoms with Gasteiger partial charge in [-0.05, 0) is 90.5 Å². The Morgan fingerprint density at radius 1 is 0.500 bits per heavy atom. The lowest BCUT2D eigenvalue weighted by atomic mass is 9.99. The van der Waals surface area contributed by atoms with Gasteiger partial charge in [0.15, 0.2) is 0 Å². The highest BCUT2D eigenvalue weighted by atomic mass is 19.4. The van der Waals surface area contributed by atoms with E-state index in [1.54, 1.807) is 36.4 Å². The molecule has 190 valence electrons. The zero-order chi connectivity index (χ0) is 26.7. The summed E-state index contributed by atoms with van der Waals surface area (Å²) in [5.74, 6) is 0. The number of alkyl halides is 6. The monoisotopic (exact) mass is 522 g/mol. The molecule has 0 fully saturated rings. The summed E-state index contributed by atoms with van der Waals surface area (Å²) in [6.45, 7) is 0. The molecule has 0 saturated heterocycles. The van der Waals surface area contributed by atoms with Crippen LogP contribution in [0.25, 0.3) is 57.5 Å². The molecule has 0 saturated carbocycles. The SMILES string of the molecule is FC(F)(F)c1cc(-c2cc3cc4ccc(cc5nc(cc6nc(cc2[nH]3)C=C6)C=C5)[nH]4)cc(C(F)(F)F)c1. The number of nitrogens with one attached hydrogen (secondary N) is 2. The molecule has 1 aromatic carbocycles. The summed E-state index contributed by atoms with van der Waals surface area (Å²) >= 11 is 0. The fourth-order valence-electron chi connectivity index (χ4n) is 4.37. The first-order valence-corrected chi connectivity index (χ1v) is 11.4. The van der Waals surface area contributed by atoms with Crippen LogP contribution in [-0.4, -0.2) is 19.9 Å². The molecule has 2 aliphatic heterocycles. The van der Waals surface area contributed by atoms with E-state index in [9.17, 15) is 26.3 Å². The van der Waals surface area contributed by atoms with E-state index < -0.39 is 23.5 Å². The molecule has 0 unspecified atom stereocenters. The van der Waals surface area contributed by atoms with Gasteiger partial charge in [-0.2, -0.15) is 26.3 Å². The molecule has 2 N–H and O–H groups in total. The van der Waals surface area contributed by atoms with Crippen LogP contribution < -0.4 is 0 Å². The maximum atomic E-state index is 13.5. The Hall–Kier alpha value is -4.60. The highest BCUT2D eigenvalue weighted by Crippen LogP contribution is 2.40. The molecule has 0 spiro atoms. The predicted octanol–water partition coefficient (Wildman–Crippen LogP) is 8.36. The minimum Gasteiger partial charge on any atom is -0.355 e. The minimum atomic E-state index is -4.96. The summed E-state index contributed by atoms with van der Waals surface area (Å²) in [5, 5.41) is 0. The van der Waals surface area contributed by atoms with Crippen molar-refractivity contribution in [1.82, 2.24) is 19.9 Å². The Balaban J connectivity index is 1.66. The van der Waals surface area contributed by atoms with Crippen LogP contribution in [0.4, 0.5) is 26.3 Å². The number of nitrogens with zero attached hydrogens (tertiary/aromatic N) is 2. The summed E-state index contributed by atoms with van der Waals surface area (Å²) in [4.78, 5) is 15.4. The second-order valence-corrected chi connectivity index (χ2v) is 8.88. The standard InChI is InChI=1S/C28H16F6N4/c29-27(30,31)16-7-15(8-17(9-16)28(32,33)34)25-13-24-12-22-4-3-20(36-22)10-18-1-2-19(35-18)11-21-5-6-23(37-21)14-26(25)38-24/h1-14,36,38H. The molecule has 8 bridgehead atoms. The molecule has 38 heavy (non-hydrogen) atoms. The van der Waals surface area contributed by atoms with Crippen molar-refractivity contribution in [3.05, 3.63) is 94.6 Å². The molecule has 10 heteroatoms. The molecule has 0 atom stereocenters. The molecule has 5 heterocycles. The van der Waals surface area contributed by atoms with Crippen molar-refractivity contribution in [2.45, 2.75) is 12.4 Å². The predicted molar refractivity (Wildman–Crippen MR) is 134 cm³/mol. The van der Waals surface area contributed by atoms with Crippen molar-refractivity contribution in [1.29, 1.82) is 0 Å².